The number of anilines is 1. The Morgan fingerprint density at radius 1 is 1.19 bits per heavy atom. The SMILES string of the molecule is Cc1cnc(N2CCN3CCCC3C2)nc1. The summed E-state index contributed by atoms with van der Waals surface area (Å²) in [5.41, 5.74) is 1.13. The zero-order valence-corrected chi connectivity index (χ0v) is 9.76. The van der Waals surface area contributed by atoms with Crippen molar-refractivity contribution in [2.24, 2.45) is 0 Å². The van der Waals surface area contributed by atoms with Gasteiger partial charge < -0.3 is 4.90 Å². The van der Waals surface area contributed by atoms with Crippen molar-refractivity contribution < 1.29 is 0 Å². The first-order valence-electron chi connectivity index (χ1n) is 6.10. The molecule has 0 aliphatic carbocycles. The third-order valence-electron chi connectivity index (χ3n) is 3.64. The van der Waals surface area contributed by atoms with Gasteiger partial charge in [0.15, 0.2) is 0 Å². The lowest BCUT2D eigenvalue weighted by atomic mass is 10.2. The Hall–Kier alpha value is -1.16. The predicted molar refractivity (Wildman–Crippen MR) is 63.6 cm³/mol. The Balaban J connectivity index is 1.74. The van der Waals surface area contributed by atoms with Crippen molar-refractivity contribution >= 4 is 5.95 Å². The van der Waals surface area contributed by atoms with Crippen molar-refractivity contribution in [3.63, 3.8) is 0 Å². The predicted octanol–water partition coefficient (Wildman–Crippen LogP) is 1.07. The van der Waals surface area contributed by atoms with E-state index in [0.717, 1.165) is 30.6 Å². The van der Waals surface area contributed by atoms with Crippen LogP contribution in [0.4, 0.5) is 5.95 Å². The molecule has 0 bridgehead atoms. The lowest BCUT2D eigenvalue weighted by molar-refractivity contribution is 0.229. The summed E-state index contributed by atoms with van der Waals surface area (Å²) in [6.07, 6.45) is 6.50. The zero-order valence-electron chi connectivity index (χ0n) is 9.76. The van der Waals surface area contributed by atoms with Crippen LogP contribution in [0.1, 0.15) is 18.4 Å². The molecular weight excluding hydrogens is 200 g/mol. The monoisotopic (exact) mass is 218 g/mol. The molecule has 2 fully saturated rings. The molecule has 1 aromatic rings. The van der Waals surface area contributed by atoms with Crippen LogP contribution in [0.3, 0.4) is 0 Å². The Morgan fingerprint density at radius 3 is 2.81 bits per heavy atom. The fraction of sp³-hybridized carbons (Fsp3) is 0.667. The molecule has 16 heavy (non-hydrogen) atoms. The van der Waals surface area contributed by atoms with Crippen molar-refractivity contribution in [3.05, 3.63) is 18.0 Å². The Morgan fingerprint density at radius 2 is 2.00 bits per heavy atom. The third kappa shape index (κ3) is 1.78. The van der Waals surface area contributed by atoms with Gasteiger partial charge in [-0.05, 0) is 31.9 Å². The van der Waals surface area contributed by atoms with Crippen molar-refractivity contribution in [2.45, 2.75) is 25.8 Å². The summed E-state index contributed by atoms with van der Waals surface area (Å²) in [5, 5.41) is 0. The van der Waals surface area contributed by atoms with E-state index >= 15 is 0 Å². The summed E-state index contributed by atoms with van der Waals surface area (Å²) >= 11 is 0. The van der Waals surface area contributed by atoms with Crippen LogP contribution in [0, 0.1) is 6.92 Å². The molecule has 2 aliphatic rings. The summed E-state index contributed by atoms with van der Waals surface area (Å²) < 4.78 is 0. The molecule has 1 unspecified atom stereocenters. The van der Waals surface area contributed by atoms with Gasteiger partial charge in [-0.3, -0.25) is 4.90 Å². The van der Waals surface area contributed by atoms with E-state index in [-0.39, 0.29) is 0 Å². The van der Waals surface area contributed by atoms with Gasteiger partial charge in [-0.25, -0.2) is 9.97 Å². The Kier molecular flexibility index (Phi) is 2.52. The number of rotatable bonds is 1. The van der Waals surface area contributed by atoms with E-state index in [0.29, 0.717) is 0 Å². The van der Waals surface area contributed by atoms with E-state index in [4.69, 9.17) is 0 Å². The lowest BCUT2D eigenvalue weighted by Crippen LogP contribution is -2.50. The number of aryl methyl sites for hydroxylation is 1. The van der Waals surface area contributed by atoms with Gasteiger partial charge in [0, 0.05) is 38.1 Å². The molecule has 2 saturated heterocycles. The molecule has 0 spiro atoms. The molecular formula is C12H18N4. The smallest absolute Gasteiger partial charge is 0.225 e. The largest absolute Gasteiger partial charge is 0.338 e. The van der Waals surface area contributed by atoms with Crippen molar-refractivity contribution in [3.8, 4) is 0 Å². The molecule has 4 heteroatoms. The first kappa shape index (κ1) is 10.0. The minimum absolute atomic E-state index is 0.735. The summed E-state index contributed by atoms with van der Waals surface area (Å²) in [6, 6.07) is 0.735. The van der Waals surface area contributed by atoms with Crippen molar-refractivity contribution in [1.82, 2.24) is 14.9 Å². The molecule has 0 saturated carbocycles. The van der Waals surface area contributed by atoms with E-state index in [1.165, 1.54) is 25.9 Å². The van der Waals surface area contributed by atoms with E-state index in [1.54, 1.807) is 0 Å². The molecule has 86 valence electrons. The van der Waals surface area contributed by atoms with E-state index in [1.807, 2.05) is 19.3 Å². The summed E-state index contributed by atoms with van der Waals surface area (Å²) in [4.78, 5) is 13.8. The molecule has 2 aliphatic heterocycles. The minimum atomic E-state index is 0.735. The summed E-state index contributed by atoms with van der Waals surface area (Å²) in [7, 11) is 0. The van der Waals surface area contributed by atoms with E-state index in [2.05, 4.69) is 19.8 Å². The average molecular weight is 218 g/mol. The number of aromatic nitrogens is 2. The van der Waals surface area contributed by atoms with Crippen LogP contribution < -0.4 is 4.90 Å². The number of piperazine rings is 1. The van der Waals surface area contributed by atoms with Crippen LogP contribution in [0.25, 0.3) is 0 Å². The van der Waals surface area contributed by atoms with Crippen LogP contribution in [0.15, 0.2) is 12.4 Å². The number of hydrogen-bond donors (Lipinski definition) is 0. The highest BCUT2D eigenvalue weighted by Gasteiger charge is 2.31. The Bertz CT molecular complexity index is 362. The first-order chi connectivity index (χ1) is 7.83. The van der Waals surface area contributed by atoms with Gasteiger partial charge in [0.25, 0.3) is 0 Å². The average Bonchev–Trinajstić information content (AvgIpc) is 2.77. The second kappa shape index (κ2) is 4.01. The first-order valence-corrected chi connectivity index (χ1v) is 6.10. The topological polar surface area (TPSA) is 32.3 Å². The molecule has 4 nitrogen and oxygen atoms in total. The van der Waals surface area contributed by atoms with Gasteiger partial charge in [-0.15, -0.1) is 0 Å². The van der Waals surface area contributed by atoms with Crippen LogP contribution in [-0.4, -0.2) is 47.1 Å². The zero-order chi connectivity index (χ0) is 11.0. The van der Waals surface area contributed by atoms with Crippen LogP contribution >= 0.6 is 0 Å². The standard InChI is InChI=1S/C12H18N4/c1-10-7-13-12(14-8-10)16-6-5-15-4-2-3-11(15)9-16/h7-8,11H,2-6,9H2,1H3. The van der Waals surface area contributed by atoms with Crippen molar-refractivity contribution in [1.29, 1.82) is 0 Å². The quantitative estimate of drug-likeness (QED) is 0.706. The highest BCUT2D eigenvalue weighted by molar-refractivity contribution is 5.31. The molecule has 3 heterocycles. The van der Waals surface area contributed by atoms with Gasteiger partial charge in [0.2, 0.25) is 5.95 Å². The van der Waals surface area contributed by atoms with Gasteiger partial charge >= 0.3 is 0 Å². The summed E-state index contributed by atoms with van der Waals surface area (Å²) in [5.74, 6) is 0.900. The fourth-order valence-corrected chi connectivity index (χ4v) is 2.72. The third-order valence-corrected chi connectivity index (χ3v) is 3.64. The van der Waals surface area contributed by atoms with Crippen LogP contribution in [-0.2, 0) is 0 Å². The maximum Gasteiger partial charge on any atom is 0.225 e. The number of fused-ring (bicyclic) bond motifs is 1. The molecule has 0 aromatic carbocycles. The van der Waals surface area contributed by atoms with Gasteiger partial charge in [0.1, 0.15) is 0 Å². The van der Waals surface area contributed by atoms with E-state index < -0.39 is 0 Å². The maximum absolute atomic E-state index is 4.41. The number of nitrogens with zero attached hydrogens (tertiary/aromatic N) is 4. The second-order valence-electron chi connectivity index (χ2n) is 4.84. The second-order valence-corrected chi connectivity index (χ2v) is 4.84. The number of hydrogen-bond acceptors (Lipinski definition) is 4. The van der Waals surface area contributed by atoms with Crippen LogP contribution in [0.5, 0.6) is 0 Å². The van der Waals surface area contributed by atoms with E-state index in [9.17, 15) is 0 Å². The van der Waals surface area contributed by atoms with Gasteiger partial charge in [-0.1, -0.05) is 0 Å². The van der Waals surface area contributed by atoms with Gasteiger partial charge in [0.05, 0.1) is 0 Å². The molecule has 1 atom stereocenters. The molecule has 0 N–H and O–H groups in total. The van der Waals surface area contributed by atoms with Crippen LogP contribution in [0.2, 0.25) is 0 Å². The molecule has 0 radical (unpaired) electrons. The lowest BCUT2D eigenvalue weighted by Gasteiger charge is -2.37. The molecule has 1 aromatic heterocycles. The molecule has 0 amide bonds. The highest BCUT2D eigenvalue weighted by atomic mass is 15.3. The fourth-order valence-electron chi connectivity index (χ4n) is 2.72. The normalized spacial score (nSPS) is 25.8. The maximum atomic E-state index is 4.41. The van der Waals surface area contributed by atoms with Crippen molar-refractivity contribution in [2.75, 3.05) is 31.1 Å². The molecule has 3 rings (SSSR count). The summed E-state index contributed by atoms with van der Waals surface area (Å²) in [6.45, 7) is 6.65. The highest BCUT2D eigenvalue weighted by Crippen LogP contribution is 2.23. The van der Waals surface area contributed by atoms with Gasteiger partial charge in [-0.2, -0.15) is 0 Å². The minimum Gasteiger partial charge on any atom is -0.338 e. The Labute approximate surface area is 96.3 Å².